The number of aryl methyl sites for hydroxylation is 1. The Morgan fingerprint density at radius 2 is 1.71 bits per heavy atom. The Labute approximate surface area is 163 Å². The van der Waals surface area contributed by atoms with Crippen LogP contribution in [0.15, 0.2) is 60.9 Å². The van der Waals surface area contributed by atoms with E-state index in [9.17, 15) is 9.59 Å². The van der Waals surface area contributed by atoms with E-state index >= 15 is 0 Å². The van der Waals surface area contributed by atoms with Crippen molar-refractivity contribution in [3.8, 4) is 0 Å². The van der Waals surface area contributed by atoms with Gasteiger partial charge in [0, 0.05) is 24.8 Å². The number of nitrogens with one attached hydrogen (secondary N) is 3. The Hall–Kier alpha value is -3.74. The highest BCUT2D eigenvalue weighted by atomic mass is 16.2. The molecule has 0 fully saturated rings. The van der Waals surface area contributed by atoms with Gasteiger partial charge in [-0.25, -0.2) is 9.97 Å². The van der Waals surface area contributed by atoms with E-state index in [1.807, 2.05) is 43.3 Å². The van der Waals surface area contributed by atoms with Crippen LogP contribution in [0.25, 0.3) is 0 Å². The second kappa shape index (κ2) is 8.77. The summed E-state index contributed by atoms with van der Waals surface area (Å²) in [6, 6.07) is 15.2. The largest absolute Gasteiger partial charge is 0.347 e. The highest BCUT2D eigenvalue weighted by molar-refractivity contribution is 5.92. The van der Waals surface area contributed by atoms with Crippen molar-refractivity contribution in [1.82, 2.24) is 15.3 Å². The van der Waals surface area contributed by atoms with Crippen molar-refractivity contribution in [2.75, 3.05) is 10.6 Å². The molecule has 3 N–H and O–H groups in total. The Morgan fingerprint density at radius 1 is 0.964 bits per heavy atom. The molecule has 0 aliphatic rings. The van der Waals surface area contributed by atoms with Gasteiger partial charge in [0.15, 0.2) is 0 Å². The van der Waals surface area contributed by atoms with Crippen molar-refractivity contribution in [2.24, 2.45) is 0 Å². The van der Waals surface area contributed by atoms with Crippen LogP contribution in [0.5, 0.6) is 0 Å². The molecule has 142 valence electrons. The Bertz CT molecular complexity index is 969. The van der Waals surface area contributed by atoms with Gasteiger partial charge in [-0.2, -0.15) is 0 Å². The van der Waals surface area contributed by atoms with E-state index in [2.05, 4.69) is 25.9 Å². The van der Waals surface area contributed by atoms with Gasteiger partial charge in [-0.15, -0.1) is 0 Å². The van der Waals surface area contributed by atoms with Gasteiger partial charge < -0.3 is 16.0 Å². The van der Waals surface area contributed by atoms with E-state index in [1.165, 1.54) is 24.9 Å². The number of benzene rings is 2. The minimum absolute atomic E-state index is 0.141. The lowest BCUT2D eigenvalue weighted by molar-refractivity contribution is -0.114. The molecule has 1 heterocycles. The number of hydrogen-bond donors (Lipinski definition) is 3. The first-order valence-electron chi connectivity index (χ1n) is 8.80. The molecule has 7 nitrogen and oxygen atoms in total. The number of aromatic nitrogens is 2. The highest BCUT2D eigenvalue weighted by Gasteiger charge is 2.08. The van der Waals surface area contributed by atoms with Gasteiger partial charge in [0.1, 0.15) is 11.5 Å². The lowest BCUT2D eigenvalue weighted by atomic mass is 10.1. The van der Waals surface area contributed by atoms with E-state index in [0.29, 0.717) is 18.1 Å². The first-order chi connectivity index (χ1) is 13.5. The minimum atomic E-state index is -0.285. The van der Waals surface area contributed by atoms with Crippen LogP contribution in [-0.2, 0) is 11.3 Å². The summed E-state index contributed by atoms with van der Waals surface area (Å²) in [6.45, 7) is 3.90. The molecule has 0 aliphatic carbocycles. The third kappa shape index (κ3) is 5.38. The number of carbonyl (C=O) groups excluding carboxylic acids is 2. The predicted molar refractivity (Wildman–Crippen MR) is 108 cm³/mol. The zero-order chi connectivity index (χ0) is 19.9. The smallest absolute Gasteiger partial charge is 0.271 e. The van der Waals surface area contributed by atoms with Crippen LogP contribution in [0, 0.1) is 6.92 Å². The number of anilines is 3. The fraction of sp³-hybridized carbons (Fsp3) is 0.143. The highest BCUT2D eigenvalue weighted by Crippen LogP contribution is 2.18. The second-order valence-corrected chi connectivity index (χ2v) is 6.34. The summed E-state index contributed by atoms with van der Waals surface area (Å²) in [6.07, 6.45) is 2.91. The Morgan fingerprint density at radius 3 is 2.39 bits per heavy atom. The van der Waals surface area contributed by atoms with Crippen molar-refractivity contribution in [1.29, 1.82) is 0 Å². The zero-order valence-corrected chi connectivity index (χ0v) is 15.7. The maximum Gasteiger partial charge on any atom is 0.271 e. The van der Waals surface area contributed by atoms with Crippen LogP contribution in [-0.4, -0.2) is 21.8 Å². The molecular formula is C21H21N5O2. The summed E-state index contributed by atoms with van der Waals surface area (Å²) in [4.78, 5) is 31.8. The van der Waals surface area contributed by atoms with E-state index < -0.39 is 0 Å². The summed E-state index contributed by atoms with van der Waals surface area (Å²) in [5.41, 5.74) is 3.86. The fourth-order valence-electron chi connectivity index (χ4n) is 2.51. The molecular weight excluding hydrogens is 354 g/mol. The number of amides is 2. The molecule has 0 spiro atoms. The standard InChI is InChI=1S/C21H21N5O2/c1-14-6-8-16(9-7-14)11-24-21(28)19-12-23-20(13-22-19)26-18-5-3-4-17(10-18)25-15(2)27/h3-10,12-13H,11H2,1-2H3,(H,23,26)(H,24,28)(H,25,27). The molecule has 0 atom stereocenters. The molecule has 0 aliphatic heterocycles. The lowest BCUT2D eigenvalue weighted by Gasteiger charge is -2.09. The first kappa shape index (κ1) is 19.0. The van der Waals surface area contributed by atoms with Crippen molar-refractivity contribution in [3.63, 3.8) is 0 Å². The topological polar surface area (TPSA) is 96.0 Å². The van der Waals surface area contributed by atoms with Gasteiger partial charge in [0.25, 0.3) is 5.91 Å². The molecule has 28 heavy (non-hydrogen) atoms. The molecule has 1 aromatic heterocycles. The van der Waals surface area contributed by atoms with Crippen LogP contribution in [0.1, 0.15) is 28.5 Å². The minimum Gasteiger partial charge on any atom is -0.347 e. The number of nitrogens with zero attached hydrogens (tertiary/aromatic N) is 2. The van der Waals surface area contributed by atoms with Gasteiger partial charge in [-0.1, -0.05) is 35.9 Å². The molecule has 0 saturated carbocycles. The monoisotopic (exact) mass is 375 g/mol. The summed E-state index contributed by atoms with van der Waals surface area (Å²) < 4.78 is 0. The summed E-state index contributed by atoms with van der Waals surface area (Å²) in [7, 11) is 0. The molecule has 2 aromatic carbocycles. The summed E-state index contributed by atoms with van der Waals surface area (Å²) >= 11 is 0. The van der Waals surface area contributed by atoms with E-state index in [4.69, 9.17) is 0 Å². The van der Waals surface area contributed by atoms with Gasteiger partial charge >= 0.3 is 0 Å². The van der Waals surface area contributed by atoms with Crippen molar-refractivity contribution in [3.05, 3.63) is 77.7 Å². The molecule has 3 rings (SSSR count). The average Bonchev–Trinajstić information content (AvgIpc) is 2.68. The number of carbonyl (C=O) groups is 2. The Kier molecular flexibility index (Phi) is 5.96. The first-order valence-corrected chi connectivity index (χ1v) is 8.80. The van der Waals surface area contributed by atoms with Crippen LogP contribution in [0.3, 0.4) is 0 Å². The van der Waals surface area contributed by atoms with E-state index in [0.717, 1.165) is 11.3 Å². The summed E-state index contributed by atoms with van der Waals surface area (Å²) in [5, 5.41) is 8.64. The second-order valence-electron chi connectivity index (χ2n) is 6.34. The molecule has 0 radical (unpaired) electrons. The maximum atomic E-state index is 12.2. The predicted octanol–water partition coefficient (Wildman–Crippen LogP) is 3.42. The molecule has 0 unspecified atom stereocenters. The van der Waals surface area contributed by atoms with Gasteiger partial charge in [-0.05, 0) is 30.7 Å². The van der Waals surface area contributed by atoms with Gasteiger partial charge in [0.2, 0.25) is 5.91 Å². The van der Waals surface area contributed by atoms with Gasteiger partial charge in [-0.3, -0.25) is 9.59 Å². The fourth-order valence-corrected chi connectivity index (χ4v) is 2.51. The average molecular weight is 375 g/mol. The van der Waals surface area contributed by atoms with Crippen LogP contribution in [0.2, 0.25) is 0 Å². The van der Waals surface area contributed by atoms with E-state index in [-0.39, 0.29) is 17.5 Å². The molecule has 0 saturated heterocycles. The summed E-state index contributed by atoms with van der Waals surface area (Å²) in [5.74, 6) is 0.0697. The number of hydrogen-bond acceptors (Lipinski definition) is 5. The maximum absolute atomic E-state index is 12.2. The third-order valence-electron chi connectivity index (χ3n) is 3.91. The quantitative estimate of drug-likeness (QED) is 0.613. The van der Waals surface area contributed by atoms with Crippen molar-refractivity contribution >= 4 is 29.0 Å². The molecule has 3 aromatic rings. The molecule has 2 amide bonds. The van der Waals surface area contributed by atoms with E-state index in [1.54, 1.807) is 12.1 Å². The van der Waals surface area contributed by atoms with Crippen LogP contribution >= 0.6 is 0 Å². The SMILES string of the molecule is CC(=O)Nc1cccc(Nc2cnc(C(=O)NCc3ccc(C)cc3)cn2)c1. The Balaban J connectivity index is 1.59. The van der Waals surface area contributed by atoms with Crippen LogP contribution < -0.4 is 16.0 Å². The lowest BCUT2D eigenvalue weighted by Crippen LogP contribution is -2.24. The van der Waals surface area contributed by atoms with Gasteiger partial charge in [0.05, 0.1) is 12.4 Å². The zero-order valence-electron chi connectivity index (χ0n) is 15.7. The van der Waals surface area contributed by atoms with Crippen molar-refractivity contribution in [2.45, 2.75) is 20.4 Å². The third-order valence-corrected chi connectivity index (χ3v) is 3.91. The van der Waals surface area contributed by atoms with Crippen molar-refractivity contribution < 1.29 is 9.59 Å². The molecule has 7 heteroatoms. The van der Waals surface area contributed by atoms with Crippen LogP contribution in [0.4, 0.5) is 17.2 Å². The number of rotatable bonds is 6. The molecule has 0 bridgehead atoms. The normalized spacial score (nSPS) is 10.2.